The maximum atomic E-state index is 12.1. The number of thioether (sulfide) groups is 1. The fourth-order valence-corrected chi connectivity index (χ4v) is 3.27. The van der Waals surface area contributed by atoms with E-state index in [-0.39, 0.29) is 24.9 Å². The lowest BCUT2D eigenvalue weighted by atomic mass is 10.1. The zero-order valence-corrected chi connectivity index (χ0v) is 17.2. The van der Waals surface area contributed by atoms with Gasteiger partial charge in [-0.15, -0.1) is 10.2 Å². The van der Waals surface area contributed by atoms with E-state index in [1.165, 1.54) is 11.8 Å². The zero-order valence-electron chi connectivity index (χ0n) is 16.4. The highest BCUT2D eigenvalue weighted by atomic mass is 32.2. The standard InChI is InChI=1S/C20H22N4O3S/c1-12-6-5-7-15(10-12)19-24-23-17(27-19)11-26-18(25)9-8-16-13(2)21-20(28-4)22-14(16)3/h5-7,10H,8-9,11H2,1-4H3. The van der Waals surface area contributed by atoms with Crippen LogP contribution in [0.15, 0.2) is 33.8 Å². The topological polar surface area (TPSA) is 91.0 Å². The van der Waals surface area contributed by atoms with Gasteiger partial charge in [-0.1, -0.05) is 29.5 Å². The van der Waals surface area contributed by atoms with Gasteiger partial charge in [-0.05, 0) is 51.1 Å². The number of benzene rings is 1. The van der Waals surface area contributed by atoms with Crippen molar-refractivity contribution in [2.24, 2.45) is 0 Å². The molecule has 0 aliphatic carbocycles. The number of carbonyl (C=O) groups excluding carboxylic acids is 1. The molecule has 0 bridgehead atoms. The molecule has 7 nitrogen and oxygen atoms in total. The van der Waals surface area contributed by atoms with Crippen molar-refractivity contribution in [1.29, 1.82) is 0 Å². The summed E-state index contributed by atoms with van der Waals surface area (Å²) < 4.78 is 10.8. The summed E-state index contributed by atoms with van der Waals surface area (Å²) >= 11 is 1.50. The molecule has 0 aliphatic rings. The van der Waals surface area contributed by atoms with E-state index in [4.69, 9.17) is 9.15 Å². The summed E-state index contributed by atoms with van der Waals surface area (Å²) in [4.78, 5) is 21.0. The second-order valence-corrected chi connectivity index (χ2v) is 7.16. The Morgan fingerprint density at radius 1 is 1.14 bits per heavy atom. The molecule has 0 N–H and O–H groups in total. The first-order chi connectivity index (χ1) is 13.5. The van der Waals surface area contributed by atoms with Gasteiger partial charge in [0.1, 0.15) is 0 Å². The van der Waals surface area contributed by atoms with Crippen molar-refractivity contribution in [3.63, 3.8) is 0 Å². The molecule has 0 fully saturated rings. The smallest absolute Gasteiger partial charge is 0.306 e. The third-order valence-corrected chi connectivity index (χ3v) is 4.80. The van der Waals surface area contributed by atoms with Crippen molar-refractivity contribution < 1.29 is 13.9 Å². The van der Waals surface area contributed by atoms with Gasteiger partial charge in [0, 0.05) is 23.4 Å². The van der Waals surface area contributed by atoms with Crippen molar-refractivity contribution in [2.45, 2.75) is 45.4 Å². The average molecular weight is 398 g/mol. The molecule has 2 aromatic heterocycles. The summed E-state index contributed by atoms with van der Waals surface area (Å²) in [5, 5.41) is 8.69. The lowest BCUT2D eigenvalue weighted by Crippen LogP contribution is -2.09. The first-order valence-corrected chi connectivity index (χ1v) is 10.1. The third kappa shape index (κ3) is 4.95. The Hall–Kier alpha value is -2.74. The second-order valence-electron chi connectivity index (χ2n) is 6.39. The molecule has 0 unspecified atom stereocenters. The fourth-order valence-electron chi connectivity index (χ4n) is 2.81. The van der Waals surface area contributed by atoms with Crippen LogP contribution in [0.25, 0.3) is 11.5 Å². The van der Waals surface area contributed by atoms with E-state index < -0.39 is 0 Å². The molecular formula is C20H22N4O3S. The maximum absolute atomic E-state index is 12.1. The first-order valence-electron chi connectivity index (χ1n) is 8.89. The molecule has 28 heavy (non-hydrogen) atoms. The molecule has 0 saturated carbocycles. The second kappa shape index (κ2) is 8.97. The normalized spacial score (nSPS) is 10.9. The van der Waals surface area contributed by atoms with E-state index >= 15 is 0 Å². The Labute approximate surface area is 168 Å². The molecule has 0 radical (unpaired) electrons. The molecule has 3 aromatic rings. The molecular weight excluding hydrogens is 376 g/mol. The minimum Gasteiger partial charge on any atom is -0.456 e. The van der Waals surface area contributed by atoms with Gasteiger partial charge in [-0.2, -0.15) is 0 Å². The number of rotatable bonds is 7. The van der Waals surface area contributed by atoms with Crippen LogP contribution in [0.3, 0.4) is 0 Å². The van der Waals surface area contributed by atoms with E-state index in [9.17, 15) is 4.79 Å². The Morgan fingerprint density at radius 3 is 2.57 bits per heavy atom. The van der Waals surface area contributed by atoms with Gasteiger partial charge in [0.15, 0.2) is 11.8 Å². The van der Waals surface area contributed by atoms with Crippen LogP contribution in [0.2, 0.25) is 0 Å². The van der Waals surface area contributed by atoms with Crippen molar-refractivity contribution >= 4 is 17.7 Å². The van der Waals surface area contributed by atoms with E-state index in [2.05, 4.69) is 20.2 Å². The van der Waals surface area contributed by atoms with Crippen LogP contribution in [0.5, 0.6) is 0 Å². The minimum absolute atomic E-state index is 0.0441. The molecule has 8 heteroatoms. The number of hydrogen-bond acceptors (Lipinski definition) is 8. The molecule has 2 heterocycles. The minimum atomic E-state index is -0.331. The lowest BCUT2D eigenvalue weighted by Gasteiger charge is -2.09. The van der Waals surface area contributed by atoms with Crippen LogP contribution < -0.4 is 0 Å². The van der Waals surface area contributed by atoms with Gasteiger partial charge in [-0.3, -0.25) is 4.79 Å². The average Bonchev–Trinajstić information content (AvgIpc) is 3.14. The van der Waals surface area contributed by atoms with Crippen LogP contribution in [-0.2, 0) is 22.6 Å². The Bertz CT molecular complexity index is 964. The Balaban J connectivity index is 1.54. The van der Waals surface area contributed by atoms with Gasteiger partial charge < -0.3 is 9.15 Å². The summed E-state index contributed by atoms with van der Waals surface area (Å²) in [6.45, 7) is 5.81. The monoisotopic (exact) mass is 398 g/mol. The van der Waals surface area contributed by atoms with Crippen LogP contribution in [0.1, 0.15) is 34.8 Å². The molecule has 0 atom stereocenters. The van der Waals surface area contributed by atoms with E-state index in [1.807, 2.05) is 51.3 Å². The lowest BCUT2D eigenvalue weighted by molar-refractivity contribution is -0.145. The molecule has 0 spiro atoms. The first kappa shape index (κ1) is 20.0. The summed E-state index contributed by atoms with van der Waals surface area (Å²) in [5.41, 5.74) is 4.71. The third-order valence-electron chi connectivity index (χ3n) is 4.25. The molecule has 3 rings (SSSR count). The highest BCUT2D eigenvalue weighted by Crippen LogP contribution is 2.20. The Morgan fingerprint density at radius 2 is 1.89 bits per heavy atom. The number of ether oxygens (including phenoxy) is 1. The van der Waals surface area contributed by atoms with Crippen molar-refractivity contribution in [3.05, 3.63) is 52.7 Å². The van der Waals surface area contributed by atoms with Gasteiger partial charge in [-0.25, -0.2) is 9.97 Å². The van der Waals surface area contributed by atoms with Gasteiger partial charge >= 0.3 is 5.97 Å². The van der Waals surface area contributed by atoms with Crippen molar-refractivity contribution in [3.8, 4) is 11.5 Å². The molecule has 0 saturated heterocycles. The van der Waals surface area contributed by atoms with Gasteiger partial charge in [0.2, 0.25) is 5.89 Å². The van der Waals surface area contributed by atoms with Crippen molar-refractivity contribution in [2.75, 3.05) is 6.26 Å². The predicted molar refractivity (Wildman–Crippen MR) is 106 cm³/mol. The van der Waals surface area contributed by atoms with Crippen molar-refractivity contribution in [1.82, 2.24) is 20.2 Å². The summed E-state index contributed by atoms with van der Waals surface area (Å²) in [6.07, 6.45) is 2.71. The summed E-state index contributed by atoms with van der Waals surface area (Å²) in [6, 6.07) is 7.77. The van der Waals surface area contributed by atoms with Gasteiger partial charge in [0.05, 0.1) is 0 Å². The predicted octanol–water partition coefficient (Wildman–Crippen LogP) is 3.85. The Kier molecular flexibility index (Phi) is 6.41. The maximum Gasteiger partial charge on any atom is 0.306 e. The number of aryl methyl sites for hydroxylation is 3. The van der Waals surface area contributed by atoms with E-state index in [1.54, 1.807) is 0 Å². The SMILES string of the molecule is CSc1nc(C)c(CCC(=O)OCc2nnc(-c3cccc(C)c3)o2)c(C)n1. The number of aromatic nitrogens is 4. The fraction of sp³-hybridized carbons (Fsp3) is 0.350. The van der Waals surface area contributed by atoms with Crippen LogP contribution in [0.4, 0.5) is 0 Å². The number of carbonyl (C=O) groups is 1. The van der Waals surface area contributed by atoms with E-state index in [0.717, 1.165) is 33.2 Å². The molecule has 1 aromatic carbocycles. The van der Waals surface area contributed by atoms with Crippen LogP contribution in [-0.4, -0.2) is 32.4 Å². The molecule has 146 valence electrons. The zero-order chi connectivity index (χ0) is 20.1. The number of hydrogen-bond donors (Lipinski definition) is 0. The van der Waals surface area contributed by atoms with Crippen LogP contribution >= 0.6 is 11.8 Å². The summed E-state index contributed by atoms with van der Waals surface area (Å²) in [5.74, 6) is 0.347. The van der Waals surface area contributed by atoms with Crippen LogP contribution in [0, 0.1) is 20.8 Å². The highest BCUT2D eigenvalue weighted by molar-refractivity contribution is 7.98. The molecule has 0 amide bonds. The quantitative estimate of drug-likeness (QED) is 0.337. The largest absolute Gasteiger partial charge is 0.456 e. The van der Waals surface area contributed by atoms with E-state index in [0.29, 0.717) is 12.3 Å². The number of nitrogens with zero attached hydrogens (tertiary/aromatic N) is 4. The number of esters is 1. The van der Waals surface area contributed by atoms with Gasteiger partial charge in [0.25, 0.3) is 5.89 Å². The summed E-state index contributed by atoms with van der Waals surface area (Å²) in [7, 11) is 0. The molecule has 0 aliphatic heterocycles. The highest BCUT2D eigenvalue weighted by Gasteiger charge is 2.14.